The summed E-state index contributed by atoms with van der Waals surface area (Å²) < 4.78 is 68.6. The van der Waals surface area contributed by atoms with Crippen LogP contribution in [0.3, 0.4) is 0 Å². The predicted molar refractivity (Wildman–Crippen MR) is 405 cm³/mol. The topological polar surface area (TPSA) is 237 Å². The first-order chi connectivity index (χ1) is 48.0. The second kappa shape index (κ2) is 73.0. The largest absolute Gasteiger partial charge is 0.472 e. The first kappa shape index (κ1) is 97.1. The lowest BCUT2D eigenvalue weighted by Crippen LogP contribution is -2.30. The third-order valence-corrected chi connectivity index (χ3v) is 20.7. The molecule has 0 saturated carbocycles. The van der Waals surface area contributed by atoms with Crippen molar-refractivity contribution < 1.29 is 80.2 Å². The summed E-state index contributed by atoms with van der Waals surface area (Å²) in [5, 5.41) is 10.6. The Hall–Kier alpha value is -1.94. The van der Waals surface area contributed by atoms with Gasteiger partial charge in [-0.05, 0) is 31.6 Å². The van der Waals surface area contributed by atoms with Gasteiger partial charge in [-0.3, -0.25) is 37.3 Å². The van der Waals surface area contributed by atoms with Crippen LogP contribution < -0.4 is 0 Å². The number of carbonyl (C=O) groups excluding carboxylic acids is 4. The van der Waals surface area contributed by atoms with Gasteiger partial charge in [0.15, 0.2) is 12.2 Å². The molecule has 0 aromatic carbocycles. The van der Waals surface area contributed by atoms with E-state index in [-0.39, 0.29) is 25.7 Å². The molecule has 99 heavy (non-hydrogen) atoms. The van der Waals surface area contributed by atoms with Gasteiger partial charge in [0.25, 0.3) is 0 Å². The van der Waals surface area contributed by atoms with Crippen molar-refractivity contribution in [1.29, 1.82) is 0 Å². The molecular weight excluding hydrogens is 1290 g/mol. The predicted octanol–water partition coefficient (Wildman–Crippen LogP) is 24.0. The van der Waals surface area contributed by atoms with E-state index in [1.165, 1.54) is 244 Å². The van der Waals surface area contributed by atoms with Crippen molar-refractivity contribution in [1.82, 2.24) is 0 Å². The Kier molecular flexibility index (Phi) is 71.6. The highest BCUT2D eigenvalue weighted by molar-refractivity contribution is 7.47. The Morgan fingerprint density at radius 1 is 0.273 bits per heavy atom. The van der Waals surface area contributed by atoms with Crippen molar-refractivity contribution in [3.8, 4) is 0 Å². The summed E-state index contributed by atoms with van der Waals surface area (Å²) >= 11 is 0. The normalized spacial score (nSPS) is 13.9. The number of hydrogen-bond acceptors (Lipinski definition) is 15. The maximum Gasteiger partial charge on any atom is 0.472 e. The number of phosphoric ester groups is 2. The summed E-state index contributed by atoms with van der Waals surface area (Å²) in [5.74, 6) is -1.32. The number of aliphatic hydroxyl groups is 1. The van der Waals surface area contributed by atoms with E-state index in [1.807, 2.05) is 0 Å². The number of esters is 4. The van der Waals surface area contributed by atoms with Crippen LogP contribution in [0.15, 0.2) is 0 Å². The Balaban J connectivity index is 5.20. The van der Waals surface area contributed by atoms with Gasteiger partial charge in [0, 0.05) is 25.7 Å². The number of hydrogen-bond donors (Lipinski definition) is 3. The number of aliphatic hydroxyl groups excluding tert-OH is 1. The minimum Gasteiger partial charge on any atom is -0.462 e. The van der Waals surface area contributed by atoms with E-state index >= 15 is 0 Å². The molecule has 0 fully saturated rings. The molecule has 0 heterocycles. The summed E-state index contributed by atoms with van der Waals surface area (Å²) in [4.78, 5) is 72.9. The van der Waals surface area contributed by atoms with Crippen LogP contribution in [0.1, 0.15) is 426 Å². The quantitative estimate of drug-likeness (QED) is 0.0222. The molecule has 0 aliphatic heterocycles. The standard InChI is InChI=1S/C80H156O17P2/c1-6-9-12-15-18-21-23-25-27-28-29-30-31-33-37-42-46-51-56-61-66-80(85)97-76(70-91-78(83)64-59-54-49-44-40-38-34-35-39-43-47-52-57-62-73(4)5)72-95-99(88,89)93-68-74(81)67-92-98(86,87)94-71-75(69-90-77(82)63-58-53-48-20-17-14-11-8-3)96-79(84)65-60-55-50-45-41-36-32-26-24-22-19-16-13-10-7-2/h73-76,81H,6-72H2,1-5H3,(H,86,87)(H,88,89)/t74-,75+,76+/m0/s1. The van der Waals surface area contributed by atoms with E-state index in [1.54, 1.807) is 0 Å². The van der Waals surface area contributed by atoms with Crippen LogP contribution in [0.25, 0.3) is 0 Å². The Bertz CT molecular complexity index is 1890. The number of unbranched alkanes of at least 4 members (excludes halogenated alkanes) is 52. The first-order valence-corrected chi connectivity index (χ1v) is 44.6. The maximum absolute atomic E-state index is 13.1. The Morgan fingerprint density at radius 2 is 0.465 bits per heavy atom. The molecule has 0 aromatic rings. The zero-order chi connectivity index (χ0) is 72.7. The van der Waals surface area contributed by atoms with Crippen molar-refractivity contribution in [2.24, 2.45) is 5.92 Å². The van der Waals surface area contributed by atoms with Crippen molar-refractivity contribution in [2.75, 3.05) is 39.6 Å². The first-order valence-electron chi connectivity index (χ1n) is 41.6. The van der Waals surface area contributed by atoms with Gasteiger partial charge in [-0.25, -0.2) is 9.13 Å². The van der Waals surface area contributed by atoms with E-state index in [9.17, 15) is 43.2 Å². The molecule has 0 aliphatic carbocycles. The molecule has 3 N–H and O–H groups in total. The van der Waals surface area contributed by atoms with Gasteiger partial charge in [-0.2, -0.15) is 0 Å². The number of ether oxygens (including phenoxy) is 4. The molecule has 0 rings (SSSR count). The summed E-state index contributed by atoms with van der Waals surface area (Å²) in [6.07, 6.45) is 63.9. The van der Waals surface area contributed by atoms with Crippen molar-refractivity contribution in [2.45, 2.75) is 445 Å². The zero-order valence-electron chi connectivity index (χ0n) is 64.6. The molecule has 17 nitrogen and oxygen atoms in total. The fourth-order valence-electron chi connectivity index (χ4n) is 12.4. The highest BCUT2D eigenvalue weighted by Gasteiger charge is 2.30. The van der Waals surface area contributed by atoms with Crippen molar-refractivity contribution in [3.05, 3.63) is 0 Å². The van der Waals surface area contributed by atoms with E-state index in [4.69, 9.17) is 37.0 Å². The lowest BCUT2D eigenvalue weighted by atomic mass is 10.0. The highest BCUT2D eigenvalue weighted by Crippen LogP contribution is 2.45. The van der Waals surface area contributed by atoms with Crippen molar-refractivity contribution in [3.63, 3.8) is 0 Å². The zero-order valence-corrected chi connectivity index (χ0v) is 66.4. The lowest BCUT2D eigenvalue weighted by Gasteiger charge is -2.21. The van der Waals surface area contributed by atoms with Gasteiger partial charge >= 0.3 is 39.5 Å². The third-order valence-electron chi connectivity index (χ3n) is 18.8. The second-order valence-corrected chi connectivity index (χ2v) is 32.2. The molecule has 588 valence electrons. The number of rotatable bonds is 80. The molecule has 0 bridgehead atoms. The van der Waals surface area contributed by atoms with Gasteiger partial charge in [0.1, 0.15) is 19.3 Å². The fraction of sp³-hybridized carbons (Fsp3) is 0.950. The summed E-state index contributed by atoms with van der Waals surface area (Å²) in [5.41, 5.74) is 0. The molecule has 0 aliphatic rings. The molecule has 19 heteroatoms. The second-order valence-electron chi connectivity index (χ2n) is 29.3. The van der Waals surface area contributed by atoms with E-state index in [0.29, 0.717) is 25.7 Å². The molecule has 0 amide bonds. The minimum atomic E-state index is -4.96. The summed E-state index contributed by atoms with van der Waals surface area (Å²) in [6.45, 7) is 7.32. The van der Waals surface area contributed by atoms with Crippen LogP contribution in [0.4, 0.5) is 0 Å². The smallest absolute Gasteiger partial charge is 0.462 e. The van der Waals surface area contributed by atoms with Gasteiger partial charge in [-0.1, -0.05) is 375 Å². The molecule has 0 aromatic heterocycles. The van der Waals surface area contributed by atoms with Crippen LogP contribution in [-0.2, 0) is 65.4 Å². The van der Waals surface area contributed by atoms with E-state index in [2.05, 4.69) is 34.6 Å². The number of carbonyl (C=O) groups is 4. The average molecular weight is 1450 g/mol. The van der Waals surface area contributed by atoms with Crippen LogP contribution >= 0.6 is 15.6 Å². The maximum atomic E-state index is 13.1. The molecule has 0 spiro atoms. The summed E-state index contributed by atoms with van der Waals surface area (Å²) in [6, 6.07) is 0. The molecular formula is C80H156O17P2. The van der Waals surface area contributed by atoms with Crippen molar-refractivity contribution >= 4 is 39.5 Å². The Labute approximate surface area is 607 Å². The van der Waals surface area contributed by atoms with Crippen LogP contribution in [0, 0.1) is 5.92 Å². The third kappa shape index (κ3) is 74.1. The monoisotopic (exact) mass is 1450 g/mol. The Morgan fingerprint density at radius 3 is 0.687 bits per heavy atom. The van der Waals surface area contributed by atoms with Crippen LogP contribution in [0.2, 0.25) is 0 Å². The van der Waals surface area contributed by atoms with E-state index < -0.39 is 97.5 Å². The van der Waals surface area contributed by atoms with Gasteiger partial charge < -0.3 is 33.8 Å². The fourth-order valence-corrected chi connectivity index (χ4v) is 14.0. The van der Waals surface area contributed by atoms with Gasteiger partial charge in [0.05, 0.1) is 26.4 Å². The SMILES string of the molecule is CCCCCCCCCCCCCCCCCCCCCCC(=O)O[C@H](COC(=O)CCCCCCCCCCCCCCCC(C)C)COP(=O)(O)OC[C@@H](O)COP(=O)(O)OC[C@@H](COC(=O)CCCCCCCCCC)OC(=O)CCCCCCCCCCCCCCCCC. The van der Waals surface area contributed by atoms with E-state index in [0.717, 1.165) is 102 Å². The minimum absolute atomic E-state index is 0.108. The van der Waals surface area contributed by atoms with Crippen LogP contribution in [-0.4, -0.2) is 96.7 Å². The lowest BCUT2D eigenvalue weighted by molar-refractivity contribution is -0.161. The molecule has 2 unspecified atom stereocenters. The molecule has 5 atom stereocenters. The average Bonchev–Trinajstić information content (AvgIpc) is 1.56. The molecule has 0 saturated heterocycles. The van der Waals surface area contributed by atoms with Gasteiger partial charge in [0.2, 0.25) is 0 Å². The molecule has 0 radical (unpaired) electrons. The highest BCUT2D eigenvalue weighted by atomic mass is 31.2. The number of phosphoric acid groups is 2. The van der Waals surface area contributed by atoms with Crippen LogP contribution in [0.5, 0.6) is 0 Å². The summed E-state index contributed by atoms with van der Waals surface area (Å²) in [7, 11) is -9.91. The van der Waals surface area contributed by atoms with Gasteiger partial charge in [-0.15, -0.1) is 0 Å².